The van der Waals surface area contributed by atoms with Crippen LogP contribution in [0.25, 0.3) is 0 Å². The van der Waals surface area contributed by atoms with Crippen molar-refractivity contribution in [1.29, 1.82) is 0 Å². The van der Waals surface area contributed by atoms with Gasteiger partial charge in [0.25, 0.3) is 0 Å². The predicted molar refractivity (Wildman–Crippen MR) is 80.3 cm³/mol. The summed E-state index contributed by atoms with van der Waals surface area (Å²) in [6, 6.07) is 2.76. The van der Waals surface area contributed by atoms with Gasteiger partial charge < -0.3 is 5.73 Å². The van der Waals surface area contributed by atoms with E-state index in [1.165, 1.54) is 37.8 Å². The van der Waals surface area contributed by atoms with E-state index in [2.05, 4.69) is 24.6 Å². The van der Waals surface area contributed by atoms with Gasteiger partial charge in [-0.25, -0.2) is 0 Å². The molecule has 5 rings (SSSR count). The summed E-state index contributed by atoms with van der Waals surface area (Å²) in [5.74, 6) is 4.69. The standard InChI is InChI=1S/C17H27N3/c1-10(2)20-16(8-15(9-18)19-20)17-13-4-11-3-12(6-13)7-14(17)5-11/h8,10-14,17H,3-7,9,18H2,1-2H3. The van der Waals surface area contributed by atoms with Crippen LogP contribution in [0.15, 0.2) is 6.07 Å². The number of aromatic nitrogens is 2. The van der Waals surface area contributed by atoms with Crippen LogP contribution in [0.1, 0.15) is 69.3 Å². The van der Waals surface area contributed by atoms with Gasteiger partial charge in [-0.3, -0.25) is 4.68 Å². The second-order valence-electron chi connectivity index (χ2n) is 7.76. The Kier molecular flexibility index (Phi) is 2.95. The Morgan fingerprint density at radius 3 is 2.25 bits per heavy atom. The van der Waals surface area contributed by atoms with Crippen molar-refractivity contribution in [2.75, 3.05) is 0 Å². The van der Waals surface area contributed by atoms with E-state index in [1.807, 2.05) is 0 Å². The molecule has 0 aromatic carbocycles. The van der Waals surface area contributed by atoms with E-state index in [1.54, 1.807) is 0 Å². The van der Waals surface area contributed by atoms with Crippen LogP contribution in [0.3, 0.4) is 0 Å². The van der Waals surface area contributed by atoms with Crippen molar-refractivity contribution in [3.05, 3.63) is 17.5 Å². The van der Waals surface area contributed by atoms with Gasteiger partial charge in [0.2, 0.25) is 0 Å². The quantitative estimate of drug-likeness (QED) is 0.916. The third-order valence-electron chi connectivity index (χ3n) is 6.08. The van der Waals surface area contributed by atoms with Crippen molar-refractivity contribution in [2.24, 2.45) is 29.4 Å². The molecule has 3 heteroatoms. The van der Waals surface area contributed by atoms with E-state index < -0.39 is 0 Å². The first-order valence-electron chi connectivity index (χ1n) is 8.44. The number of hydrogen-bond donors (Lipinski definition) is 1. The monoisotopic (exact) mass is 273 g/mol. The summed E-state index contributed by atoms with van der Waals surface area (Å²) in [7, 11) is 0. The number of hydrogen-bond acceptors (Lipinski definition) is 2. The molecular formula is C17H27N3. The molecule has 0 aliphatic heterocycles. The van der Waals surface area contributed by atoms with Gasteiger partial charge >= 0.3 is 0 Å². The van der Waals surface area contributed by atoms with Crippen molar-refractivity contribution >= 4 is 0 Å². The van der Waals surface area contributed by atoms with Gasteiger partial charge in [0.05, 0.1) is 5.69 Å². The number of rotatable bonds is 3. The SMILES string of the molecule is CC(C)n1nc(CN)cc1C1C2CC3CC(C2)CC1C3. The predicted octanol–water partition coefficient (Wildman–Crippen LogP) is 3.46. The molecule has 20 heavy (non-hydrogen) atoms. The van der Waals surface area contributed by atoms with Gasteiger partial charge in [0, 0.05) is 24.2 Å². The van der Waals surface area contributed by atoms with Gasteiger partial charge in [-0.2, -0.15) is 5.10 Å². The van der Waals surface area contributed by atoms with E-state index >= 15 is 0 Å². The Morgan fingerprint density at radius 2 is 1.75 bits per heavy atom. The van der Waals surface area contributed by atoms with E-state index in [4.69, 9.17) is 10.8 Å². The Bertz CT molecular complexity index is 474. The summed E-state index contributed by atoms with van der Waals surface area (Å²) in [5.41, 5.74) is 8.40. The Labute approximate surface area is 121 Å². The maximum atomic E-state index is 5.83. The lowest BCUT2D eigenvalue weighted by molar-refractivity contribution is -0.00593. The Morgan fingerprint density at radius 1 is 1.15 bits per heavy atom. The molecular weight excluding hydrogens is 246 g/mol. The smallest absolute Gasteiger partial charge is 0.0763 e. The van der Waals surface area contributed by atoms with E-state index in [-0.39, 0.29) is 0 Å². The highest BCUT2D eigenvalue weighted by Gasteiger charge is 2.49. The molecule has 0 radical (unpaired) electrons. The van der Waals surface area contributed by atoms with E-state index in [0.29, 0.717) is 12.6 Å². The summed E-state index contributed by atoms with van der Waals surface area (Å²) < 4.78 is 2.27. The molecule has 1 heterocycles. The van der Waals surface area contributed by atoms with Crippen LogP contribution in [0, 0.1) is 23.7 Å². The molecule has 4 fully saturated rings. The highest BCUT2D eigenvalue weighted by Crippen LogP contribution is 2.59. The third-order valence-corrected chi connectivity index (χ3v) is 6.08. The van der Waals surface area contributed by atoms with Gasteiger partial charge in [-0.05, 0) is 75.7 Å². The highest BCUT2D eigenvalue weighted by atomic mass is 15.3. The fourth-order valence-electron chi connectivity index (χ4n) is 5.63. The van der Waals surface area contributed by atoms with Crippen LogP contribution in [0.2, 0.25) is 0 Å². The second kappa shape index (κ2) is 4.59. The van der Waals surface area contributed by atoms with Gasteiger partial charge in [0.1, 0.15) is 0 Å². The maximum Gasteiger partial charge on any atom is 0.0763 e. The van der Waals surface area contributed by atoms with Crippen molar-refractivity contribution in [2.45, 2.75) is 64.5 Å². The topological polar surface area (TPSA) is 43.8 Å². The molecule has 0 saturated heterocycles. The minimum absolute atomic E-state index is 0.447. The maximum absolute atomic E-state index is 5.83. The fraction of sp³-hybridized carbons (Fsp3) is 0.824. The molecule has 110 valence electrons. The van der Waals surface area contributed by atoms with Crippen molar-refractivity contribution in [3.63, 3.8) is 0 Å². The number of nitrogens with zero attached hydrogens (tertiary/aromatic N) is 2. The van der Waals surface area contributed by atoms with Crippen molar-refractivity contribution in [1.82, 2.24) is 9.78 Å². The van der Waals surface area contributed by atoms with Crippen LogP contribution < -0.4 is 5.73 Å². The molecule has 4 bridgehead atoms. The average Bonchev–Trinajstić information content (AvgIpc) is 2.81. The molecule has 1 aromatic heterocycles. The summed E-state index contributed by atoms with van der Waals surface area (Å²) in [6.45, 7) is 5.06. The first-order chi connectivity index (χ1) is 9.65. The zero-order valence-electron chi connectivity index (χ0n) is 12.8. The highest BCUT2D eigenvalue weighted by molar-refractivity contribution is 5.21. The molecule has 4 aliphatic rings. The first-order valence-corrected chi connectivity index (χ1v) is 8.44. The molecule has 0 amide bonds. The van der Waals surface area contributed by atoms with Crippen LogP contribution in [0.4, 0.5) is 0 Å². The zero-order valence-corrected chi connectivity index (χ0v) is 12.8. The molecule has 0 spiro atoms. The fourth-order valence-corrected chi connectivity index (χ4v) is 5.63. The molecule has 4 saturated carbocycles. The summed E-state index contributed by atoms with van der Waals surface area (Å²) in [6.07, 6.45) is 7.41. The molecule has 2 N–H and O–H groups in total. The lowest BCUT2D eigenvalue weighted by Gasteiger charge is -2.54. The van der Waals surface area contributed by atoms with Gasteiger partial charge in [0.15, 0.2) is 0 Å². The average molecular weight is 273 g/mol. The Hall–Kier alpha value is -0.830. The van der Waals surface area contributed by atoms with Gasteiger partial charge in [-0.1, -0.05) is 0 Å². The molecule has 0 atom stereocenters. The number of nitrogens with two attached hydrogens (primary N) is 1. The summed E-state index contributed by atoms with van der Waals surface area (Å²) >= 11 is 0. The summed E-state index contributed by atoms with van der Waals surface area (Å²) in [4.78, 5) is 0. The Balaban J connectivity index is 1.72. The lowest BCUT2D eigenvalue weighted by atomic mass is 9.51. The summed E-state index contributed by atoms with van der Waals surface area (Å²) in [5, 5.41) is 4.75. The third kappa shape index (κ3) is 1.86. The van der Waals surface area contributed by atoms with E-state index in [9.17, 15) is 0 Å². The molecule has 1 aromatic rings. The zero-order chi connectivity index (χ0) is 13.9. The molecule has 3 nitrogen and oxygen atoms in total. The van der Waals surface area contributed by atoms with Crippen LogP contribution in [-0.4, -0.2) is 9.78 Å². The van der Waals surface area contributed by atoms with Crippen molar-refractivity contribution in [3.8, 4) is 0 Å². The first kappa shape index (κ1) is 12.9. The largest absolute Gasteiger partial charge is 0.325 e. The molecule has 4 aliphatic carbocycles. The van der Waals surface area contributed by atoms with Crippen LogP contribution >= 0.6 is 0 Å². The minimum Gasteiger partial charge on any atom is -0.325 e. The lowest BCUT2D eigenvalue weighted by Crippen LogP contribution is -2.44. The van der Waals surface area contributed by atoms with E-state index in [0.717, 1.165) is 35.3 Å². The minimum atomic E-state index is 0.447. The van der Waals surface area contributed by atoms with Gasteiger partial charge in [-0.15, -0.1) is 0 Å². The molecule has 0 unspecified atom stereocenters. The second-order valence-corrected chi connectivity index (χ2v) is 7.76. The van der Waals surface area contributed by atoms with Crippen LogP contribution in [-0.2, 0) is 6.54 Å². The van der Waals surface area contributed by atoms with Crippen LogP contribution in [0.5, 0.6) is 0 Å². The normalized spacial score (nSPS) is 38.9. The van der Waals surface area contributed by atoms with Crippen molar-refractivity contribution < 1.29 is 0 Å².